The van der Waals surface area contributed by atoms with Crippen LogP contribution in [0.5, 0.6) is 0 Å². The highest BCUT2D eigenvalue weighted by molar-refractivity contribution is 5.95. The van der Waals surface area contributed by atoms with Crippen LogP contribution in [0.2, 0.25) is 0 Å². The summed E-state index contributed by atoms with van der Waals surface area (Å²) in [5.74, 6) is 0.326. The van der Waals surface area contributed by atoms with Crippen LogP contribution in [0.15, 0.2) is 6.20 Å². The second-order valence-corrected chi connectivity index (χ2v) is 6.34. The van der Waals surface area contributed by atoms with E-state index < -0.39 is 0 Å². The summed E-state index contributed by atoms with van der Waals surface area (Å²) < 4.78 is 10.5. The third-order valence-electron chi connectivity index (χ3n) is 4.76. The average molecular weight is 322 g/mol. The molecule has 1 amide bonds. The molecule has 0 spiro atoms. The van der Waals surface area contributed by atoms with E-state index in [1.54, 1.807) is 13.3 Å². The SMILES string of the molecule is COCCN1CCC(NC(=O)c2cn[nH]c2C2CCOCC2)C1. The van der Waals surface area contributed by atoms with Crippen LogP contribution >= 0.6 is 0 Å². The highest BCUT2D eigenvalue weighted by Crippen LogP contribution is 2.27. The molecule has 7 nitrogen and oxygen atoms in total. The Morgan fingerprint density at radius 2 is 2.30 bits per heavy atom. The number of nitrogens with zero attached hydrogens (tertiary/aromatic N) is 2. The fourth-order valence-electron chi connectivity index (χ4n) is 3.41. The number of H-pyrrole nitrogens is 1. The van der Waals surface area contributed by atoms with Gasteiger partial charge >= 0.3 is 0 Å². The Hall–Kier alpha value is -1.44. The molecule has 1 unspecified atom stereocenters. The lowest BCUT2D eigenvalue weighted by atomic mass is 9.93. The number of amides is 1. The van der Waals surface area contributed by atoms with Crippen molar-refractivity contribution in [3.63, 3.8) is 0 Å². The van der Waals surface area contributed by atoms with E-state index in [1.807, 2.05) is 0 Å². The molecule has 0 aromatic carbocycles. The number of ether oxygens (including phenoxy) is 2. The maximum absolute atomic E-state index is 12.6. The molecule has 2 fully saturated rings. The van der Waals surface area contributed by atoms with E-state index in [4.69, 9.17) is 9.47 Å². The van der Waals surface area contributed by atoms with E-state index in [-0.39, 0.29) is 11.9 Å². The van der Waals surface area contributed by atoms with Crippen LogP contribution in [-0.2, 0) is 9.47 Å². The quantitative estimate of drug-likeness (QED) is 0.808. The molecule has 23 heavy (non-hydrogen) atoms. The maximum Gasteiger partial charge on any atom is 0.255 e. The molecule has 1 aromatic heterocycles. The van der Waals surface area contributed by atoms with Crippen molar-refractivity contribution in [1.29, 1.82) is 0 Å². The third-order valence-corrected chi connectivity index (χ3v) is 4.76. The smallest absolute Gasteiger partial charge is 0.255 e. The lowest BCUT2D eigenvalue weighted by molar-refractivity contribution is 0.0831. The van der Waals surface area contributed by atoms with Crippen molar-refractivity contribution in [1.82, 2.24) is 20.4 Å². The van der Waals surface area contributed by atoms with E-state index >= 15 is 0 Å². The molecule has 3 rings (SSSR count). The molecule has 2 saturated heterocycles. The van der Waals surface area contributed by atoms with Gasteiger partial charge in [0.15, 0.2) is 0 Å². The van der Waals surface area contributed by atoms with Gasteiger partial charge in [0.25, 0.3) is 5.91 Å². The number of hydrogen-bond acceptors (Lipinski definition) is 5. The van der Waals surface area contributed by atoms with Crippen LogP contribution in [-0.4, -0.2) is 73.6 Å². The maximum atomic E-state index is 12.6. The Labute approximate surface area is 136 Å². The van der Waals surface area contributed by atoms with Crippen LogP contribution in [0.4, 0.5) is 0 Å². The molecule has 0 saturated carbocycles. The number of aromatic amines is 1. The Bertz CT molecular complexity index is 513. The van der Waals surface area contributed by atoms with Gasteiger partial charge in [0, 0.05) is 51.9 Å². The molecule has 2 aliphatic heterocycles. The first kappa shape index (κ1) is 16.4. The van der Waals surface area contributed by atoms with Gasteiger partial charge in [-0.25, -0.2) is 0 Å². The molecular weight excluding hydrogens is 296 g/mol. The van der Waals surface area contributed by atoms with E-state index in [1.165, 1.54) is 0 Å². The first-order valence-electron chi connectivity index (χ1n) is 8.41. The summed E-state index contributed by atoms with van der Waals surface area (Å²) in [6.45, 7) is 5.05. The van der Waals surface area contributed by atoms with E-state index in [0.29, 0.717) is 11.5 Å². The van der Waals surface area contributed by atoms with Crippen LogP contribution in [0.1, 0.15) is 41.2 Å². The number of carbonyl (C=O) groups excluding carboxylic acids is 1. The minimum Gasteiger partial charge on any atom is -0.383 e. The van der Waals surface area contributed by atoms with Crippen LogP contribution in [0.25, 0.3) is 0 Å². The molecule has 1 aromatic rings. The van der Waals surface area contributed by atoms with Gasteiger partial charge in [-0.15, -0.1) is 0 Å². The summed E-state index contributed by atoms with van der Waals surface area (Å²) >= 11 is 0. The Morgan fingerprint density at radius 3 is 3.09 bits per heavy atom. The topological polar surface area (TPSA) is 79.5 Å². The fourth-order valence-corrected chi connectivity index (χ4v) is 3.41. The molecule has 2 aliphatic rings. The predicted molar refractivity (Wildman–Crippen MR) is 85.6 cm³/mol. The van der Waals surface area contributed by atoms with Crippen molar-refractivity contribution in [2.24, 2.45) is 0 Å². The van der Waals surface area contributed by atoms with Crippen molar-refractivity contribution in [3.05, 3.63) is 17.5 Å². The normalized spacial score (nSPS) is 23.3. The second kappa shape index (κ2) is 7.90. The summed E-state index contributed by atoms with van der Waals surface area (Å²) in [5, 5.41) is 10.3. The summed E-state index contributed by atoms with van der Waals surface area (Å²) in [6.07, 6.45) is 4.52. The zero-order valence-corrected chi connectivity index (χ0v) is 13.7. The number of hydrogen-bond donors (Lipinski definition) is 2. The number of likely N-dealkylation sites (tertiary alicyclic amines) is 1. The van der Waals surface area contributed by atoms with Gasteiger partial charge in [-0.3, -0.25) is 14.8 Å². The molecule has 128 valence electrons. The molecular formula is C16H26N4O3. The zero-order chi connectivity index (χ0) is 16.1. The number of methoxy groups -OCH3 is 1. The molecule has 2 N–H and O–H groups in total. The van der Waals surface area contributed by atoms with E-state index in [0.717, 1.165) is 64.4 Å². The van der Waals surface area contributed by atoms with Gasteiger partial charge in [0.05, 0.1) is 24.1 Å². The summed E-state index contributed by atoms with van der Waals surface area (Å²) in [7, 11) is 1.71. The third kappa shape index (κ3) is 4.10. The minimum atomic E-state index is -0.0150. The summed E-state index contributed by atoms with van der Waals surface area (Å²) in [6, 6.07) is 0.205. The molecule has 1 atom stereocenters. The molecule has 7 heteroatoms. The predicted octanol–water partition coefficient (Wildman–Crippen LogP) is 0.754. The first-order valence-corrected chi connectivity index (χ1v) is 8.41. The lowest BCUT2D eigenvalue weighted by Crippen LogP contribution is -2.38. The van der Waals surface area contributed by atoms with Gasteiger partial charge in [-0.05, 0) is 19.3 Å². The van der Waals surface area contributed by atoms with Gasteiger partial charge < -0.3 is 14.8 Å². The van der Waals surface area contributed by atoms with Gasteiger partial charge in [-0.2, -0.15) is 5.10 Å². The Morgan fingerprint density at radius 1 is 1.48 bits per heavy atom. The van der Waals surface area contributed by atoms with Gasteiger partial charge in [0.1, 0.15) is 0 Å². The largest absolute Gasteiger partial charge is 0.383 e. The summed E-state index contributed by atoms with van der Waals surface area (Å²) in [4.78, 5) is 14.9. The standard InChI is InChI=1S/C16H26N4O3/c1-22-9-6-20-5-2-13(11-20)18-16(21)14-10-17-19-15(14)12-3-7-23-8-4-12/h10,12-13H,2-9,11H2,1H3,(H,17,19)(H,18,21). The number of nitrogens with one attached hydrogen (secondary N) is 2. The highest BCUT2D eigenvalue weighted by Gasteiger charge is 2.27. The average Bonchev–Trinajstić information content (AvgIpc) is 3.23. The Kier molecular flexibility index (Phi) is 5.64. The number of aromatic nitrogens is 2. The van der Waals surface area contributed by atoms with Gasteiger partial charge in [-0.1, -0.05) is 0 Å². The zero-order valence-electron chi connectivity index (χ0n) is 13.7. The van der Waals surface area contributed by atoms with E-state index in [2.05, 4.69) is 20.4 Å². The number of carbonyl (C=O) groups is 1. The van der Waals surface area contributed by atoms with Crippen molar-refractivity contribution in [3.8, 4) is 0 Å². The molecule has 0 bridgehead atoms. The van der Waals surface area contributed by atoms with Crippen molar-refractivity contribution in [2.75, 3.05) is 46.6 Å². The van der Waals surface area contributed by atoms with Gasteiger partial charge in [0.2, 0.25) is 0 Å². The first-order chi connectivity index (χ1) is 11.3. The van der Waals surface area contributed by atoms with E-state index in [9.17, 15) is 4.79 Å². The lowest BCUT2D eigenvalue weighted by Gasteiger charge is -2.22. The van der Waals surface area contributed by atoms with Crippen molar-refractivity contribution < 1.29 is 14.3 Å². The highest BCUT2D eigenvalue weighted by atomic mass is 16.5. The number of rotatable bonds is 6. The minimum absolute atomic E-state index is 0.0150. The molecule has 0 radical (unpaired) electrons. The monoisotopic (exact) mass is 322 g/mol. The Balaban J connectivity index is 1.56. The van der Waals surface area contributed by atoms with Crippen LogP contribution in [0, 0.1) is 0 Å². The summed E-state index contributed by atoms with van der Waals surface area (Å²) in [5.41, 5.74) is 1.65. The van der Waals surface area contributed by atoms with Crippen molar-refractivity contribution in [2.45, 2.75) is 31.2 Å². The molecule has 0 aliphatic carbocycles. The fraction of sp³-hybridized carbons (Fsp3) is 0.750. The molecule has 3 heterocycles. The van der Waals surface area contributed by atoms with Crippen LogP contribution in [0.3, 0.4) is 0 Å². The second-order valence-electron chi connectivity index (χ2n) is 6.34. The van der Waals surface area contributed by atoms with Crippen molar-refractivity contribution >= 4 is 5.91 Å². The van der Waals surface area contributed by atoms with Crippen LogP contribution < -0.4 is 5.32 Å².